The van der Waals surface area contributed by atoms with Gasteiger partial charge in [-0.1, -0.05) is 40.2 Å². The second-order valence-electron chi connectivity index (χ2n) is 5.67. The van der Waals surface area contributed by atoms with Crippen LogP contribution in [0.2, 0.25) is 0 Å². The largest absolute Gasteiger partial charge is 0.352 e. The zero-order chi connectivity index (χ0) is 18.9. The van der Waals surface area contributed by atoms with Gasteiger partial charge in [0, 0.05) is 41.7 Å². The first-order valence-electron chi connectivity index (χ1n) is 8.17. The van der Waals surface area contributed by atoms with Gasteiger partial charge in [-0.15, -0.1) is 6.58 Å². The lowest BCUT2D eigenvalue weighted by molar-refractivity contribution is -0.131. The average molecular weight is 419 g/mol. The Labute approximate surface area is 160 Å². The minimum Gasteiger partial charge on any atom is -0.352 e. The van der Waals surface area contributed by atoms with Crippen LogP contribution < -0.4 is 5.32 Å². The number of carbonyl (C=O) groups is 2. The van der Waals surface area contributed by atoms with Crippen LogP contribution in [0.25, 0.3) is 0 Å². The van der Waals surface area contributed by atoms with Gasteiger partial charge in [-0.05, 0) is 30.3 Å². The quantitative estimate of drug-likeness (QED) is 0.660. The van der Waals surface area contributed by atoms with E-state index < -0.39 is 0 Å². The standard InChI is InChI=1S/C20H20BrFN2O2/c1-2-12-24(14-16-13-17(21)8-9-18(16)22)19(25)10-11-23-20(26)15-6-4-3-5-7-15/h2-9,13H,1,10-12,14H2,(H,23,26). The van der Waals surface area contributed by atoms with Crippen LogP contribution >= 0.6 is 15.9 Å². The Morgan fingerprint density at radius 1 is 1.19 bits per heavy atom. The number of nitrogens with one attached hydrogen (secondary N) is 1. The Kier molecular flexibility index (Phi) is 7.53. The molecule has 2 aromatic carbocycles. The van der Waals surface area contributed by atoms with Crippen molar-refractivity contribution in [3.05, 3.63) is 82.6 Å². The summed E-state index contributed by atoms with van der Waals surface area (Å²) >= 11 is 3.30. The molecule has 0 bridgehead atoms. The molecule has 4 nitrogen and oxygen atoms in total. The number of hydrogen-bond donors (Lipinski definition) is 1. The fourth-order valence-corrected chi connectivity index (χ4v) is 2.82. The molecule has 0 heterocycles. The molecule has 0 aliphatic carbocycles. The molecular weight excluding hydrogens is 399 g/mol. The summed E-state index contributed by atoms with van der Waals surface area (Å²) in [7, 11) is 0. The maximum absolute atomic E-state index is 13.9. The molecule has 2 aromatic rings. The Morgan fingerprint density at radius 2 is 1.92 bits per heavy atom. The number of benzene rings is 2. The maximum atomic E-state index is 13.9. The molecule has 26 heavy (non-hydrogen) atoms. The molecule has 0 aliphatic heterocycles. The van der Waals surface area contributed by atoms with Crippen molar-refractivity contribution in [2.75, 3.05) is 13.1 Å². The molecule has 0 unspecified atom stereocenters. The van der Waals surface area contributed by atoms with Crippen molar-refractivity contribution in [3.8, 4) is 0 Å². The summed E-state index contributed by atoms with van der Waals surface area (Å²) in [5, 5.41) is 2.72. The second kappa shape index (κ2) is 9.87. The summed E-state index contributed by atoms with van der Waals surface area (Å²) in [4.78, 5) is 25.9. The molecule has 0 aliphatic rings. The number of rotatable bonds is 8. The number of halogens is 2. The van der Waals surface area contributed by atoms with E-state index in [0.29, 0.717) is 17.7 Å². The zero-order valence-electron chi connectivity index (χ0n) is 14.3. The first-order valence-corrected chi connectivity index (χ1v) is 8.96. The van der Waals surface area contributed by atoms with E-state index in [2.05, 4.69) is 27.8 Å². The first kappa shape index (κ1) is 19.8. The molecule has 0 saturated heterocycles. The van der Waals surface area contributed by atoms with E-state index in [9.17, 15) is 14.0 Å². The van der Waals surface area contributed by atoms with Crippen LogP contribution in [0, 0.1) is 5.82 Å². The molecule has 2 rings (SSSR count). The molecule has 0 saturated carbocycles. The highest BCUT2D eigenvalue weighted by molar-refractivity contribution is 9.10. The Balaban J connectivity index is 1.92. The van der Waals surface area contributed by atoms with Crippen LogP contribution in [0.1, 0.15) is 22.3 Å². The van der Waals surface area contributed by atoms with Gasteiger partial charge in [0.25, 0.3) is 5.91 Å². The molecule has 0 atom stereocenters. The summed E-state index contributed by atoms with van der Waals surface area (Å²) in [5.41, 5.74) is 0.960. The lowest BCUT2D eigenvalue weighted by Gasteiger charge is -2.22. The maximum Gasteiger partial charge on any atom is 0.251 e. The summed E-state index contributed by atoms with van der Waals surface area (Å²) in [6.07, 6.45) is 1.72. The smallest absolute Gasteiger partial charge is 0.251 e. The predicted octanol–water partition coefficient (Wildman–Crippen LogP) is 3.92. The van der Waals surface area contributed by atoms with Crippen molar-refractivity contribution in [1.29, 1.82) is 0 Å². The van der Waals surface area contributed by atoms with E-state index in [4.69, 9.17) is 0 Å². The normalized spacial score (nSPS) is 10.2. The highest BCUT2D eigenvalue weighted by Crippen LogP contribution is 2.17. The molecule has 0 spiro atoms. The van der Waals surface area contributed by atoms with Gasteiger partial charge in [-0.3, -0.25) is 9.59 Å². The molecule has 1 N–H and O–H groups in total. The van der Waals surface area contributed by atoms with E-state index >= 15 is 0 Å². The summed E-state index contributed by atoms with van der Waals surface area (Å²) in [6, 6.07) is 13.4. The molecule has 6 heteroatoms. The monoisotopic (exact) mass is 418 g/mol. The van der Waals surface area contributed by atoms with Crippen molar-refractivity contribution < 1.29 is 14.0 Å². The van der Waals surface area contributed by atoms with Crippen molar-refractivity contribution >= 4 is 27.7 Å². The number of nitrogens with zero attached hydrogens (tertiary/aromatic N) is 1. The fourth-order valence-electron chi connectivity index (χ4n) is 2.41. The summed E-state index contributed by atoms with van der Waals surface area (Å²) in [6.45, 7) is 4.30. The fraction of sp³-hybridized carbons (Fsp3) is 0.200. The lowest BCUT2D eigenvalue weighted by atomic mass is 10.2. The Morgan fingerprint density at radius 3 is 2.62 bits per heavy atom. The SMILES string of the molecule is C=CCN(Cc1cc(Br)ccc1F)C(=O)CCNC(=O)c1ccccc1. The third-order valence-electron chi connectivity index (χ3n) is 3.73. The third-order valence-corrected chi connectivity index (χ3v) is 4.22. The lowest BCUT2D eigenvalue weighted by Crippen LogP contribution is -2.34. The van der Waals surface area contributed by atoms with Crippen molar-refractivity contribution in [3.63, 3.8) is 0 Å². The van der Waals surface area contributed by atoms with Crippen LogP contribution in [-0.2, 0) is 11.3 Å². The number of carbonyl (C=O) groups excluding carboxylic acids is 2. The van der Waals surface area contributed by atoms with Crippen LogP contribution in [0.4, 0.5) is 4.39 Å². The van der Waals surface area contributed by atoms with E-state index in [1.165, 1.54) is 11.0 Å². The van der Waals surface area contributed by atoms with Crippen molar-refractivity contribution in [2.45, 2.75) is 13.0 Å². The van der Waals surface area contributed by atoms with Gasteiger partial charge in [0.05, 0.1) is 0 Å². The minimum absolute atomic E-state index is 0.127. The number of hydrogen-bond acceptors (Lipinski definition) is 2. The molecular formula is C20H20BrFN2O2. The van der Waals surface area contributed by atoms with E-state index in [-0.39, 0.29) is 37.1 Å². The van der Waals surface area contributed by atoms with E-state index in [1.807, 2.05) is 6.07 Å². The third kappa shape index (κ3) is 5.81. The van der Waals surface area contributed by atoms with Crippen molar-refractivity contribution in [2.24, 2.45) is 0 Å². The summed E-state index contributed by atoms with van der Waals surface area (Å²) < 4.78 is 14.7. The average Bonchev–Trinajstić information content (AvgIpc) is 2.64. The van der Waals surface area contributed by atoms with Gasteiger partial charge in [0.1, 0.15) is 5.82 Å². The second-order valence-corrected chi connectivity index (χ2v) is 6.59. The molecule has 2 amide bonds. The first-order chi connectivity index (χ1) is 12.5. The van der Waals surface area contributed by atoms with Crippen LogP contribution in [-0.4, -0.2) is 29.8 Å². The summed E-state index contributed by atoms with van der Waals surface area (Å²) in [5.74, 6) is -0.781. The van der Waals surface area contributed by atoms with E-state index in [0.717, 1.165) is 4.47 Å². The van der Waals surface area contributed by atoms with Gasteiger partial charge in [-0.25, -0.2) is 4.39 Å². The number of amides is 2. The minimum atomic E-state index is -0.368. The Hall–Kier alpha value is -2.47. The van der Waals surface area contributed by atoms with Gasteiger partial charge in [-0.2, -0.15) is 0 Å². The van der Waals surface area contributed by atoms with E-state index in [1.54, 1.807) is 42.5 Å². The molecule has 0 fully saturated rings. The van der Waals surface area contributed by atoms with Gasteiger partial charge >= 0.3 is 0 Å². The van der Waals surface area contributed by atoms with Crippen molar-refractivity contribution in [1.82, 2.24) is 10.2 Å². The van der Waals surface area contributed by atoms with Gasteiger partial charge in [0.2, 0.25) is 5.91 Å². The molecule has 136 valence electrons. The highest BCUT2D eigenvalue weighted by Gasteiger charge is 2.15. The van der Waals surface area contributed by atoms with Crippen LogP contribution in [0.15, 0.2) is 65.7 Å². The van der Waals surface area contributed by atoms with Gasteiger partial charge in [0.15, 0.2) is 0 Å². The Bertz CT molecular complexity index is 781. The highest BCUT2D eigenvalue weighted by atomic mass is 79.9. The predicted molar refractivity (Wildman–Crippen MR) is 103 cm³/mol. The van der Waals surface area contributed by atoms with Crippen LogP contribution in [0.5, 0.6) is 0 Å². The molecule has 0 radical (unpaired) electrons. The van der Waals surface area contributed by atoms with Gasteiger partial charge < -0.3 is 10.2 Å². The molecule has 0 aromatic heterocycles. The topological polar surface area (TPSA) is 49.4 Å². The van der Waals surface area contributed by atoms with Crippen LogP contribution in [0.3, 0.4) is 0 Å². The zero-order valence-corrected chi connectivity index (χ0v) is 15.8.